The minimum absolute atomic E-state index is 0.0111. The molecule has 1 rings (SSSR count). The third kappa shape index (κ3) is 5.47. The highest BCUT2D eigenvalue weighted by Gasteiger charge is 2.19. The molecule has 118 valence electrons. The van der Waals surface area contributed by atoms with Gasteiger partial charge in [0.2, 0.25) is 10.0 Å². The van der Waals surface area contributed by atoms with Crippen LogP contribution in [0.25, 0.3) is 0 Å². The molecule has 0 bridgehead atoms. The molecular formula is C15H23NO4S. The van der Waals surface area contributed by atoms with Crippen LogP contribution in [-0.4, -0.2) is 27.0 Å². The molecule has 21 heavy (non-hydrogen) atoms. The van der Waals surface area contributed by atoms with Crippen molar-refractivity contribution in [2.24, 2.45) is 0 Å². The van der Waals surface area contributed by atoms with E-state index in [2.05, 4.69) is 4.72 Å². The van der Waals surface area contributed by atoms with Crippen LogP contribution in [0.5, 0.6) is 0 Å². The molecule has 1 atom stereocenters. The molecule has 6 heteroatoms. The van der Waals surface area contributed by atoms with E-state index in [1.54, 1.807) is 38.1 Å². The summed E-state index contributed by atoms with van der Waals surface area (Å²) < 4.78 is 31.7. The zero-order valence-electron chi connectivity index (χ0n) is 12.9. The Labute approximate surface area is 126 Å². The number of ether oxygens (including phenoxy) is 1. The number of hydrogen-bond acceptors (Lipinski definition) is 4. The number of hydrogen-bond donors (Lipinski definition) is 1. The van der Waals surface area contributed by atoms with Gasteiger partial charge in [-0.25, -0.2) is 13.1 Å². The Balaban J connectivity index is 2.74. The van der Waals surface area contributed by atoms with E-state index in [-0.39, 0.29) is 17.9 Å². The maximum atomic E-state index is 12.2. The van der Waals surface area contributed by atoms with Crippen molar-refractivity contribution in [2.75, 3.05) is 6.61 Å². The van der Waals surface area contributed by atoms with E-state index in [4.69, 9.17) is 4.74 Å². The maximum absolute atomic E-state index is 12.2. The van der Waals surface area contributed by atoms with Gasteiger partial charge in [-0.3, -0.25) is 4.79 Å². The number of nitrogens with one attached hydrogen (secondary N) is 1. The van der Waals surface area contributed by atoms with Crippen LogP contribution >= 0.6 is 0 Å². The highest BCUT2D eigenvalue weighted by atomic mass is 32.2. The quantitative estimate of drug-likeness (QED) is 0.785. The lowest BCUT2D eigenvalue weighted by Crippen LogP contribution is -2.34. The Kier molecular flexibility index (Phi) is 6.36. The summed E-state index contributed by atoms with van der Waals surface area (Å²) in [5.74, 6) is -0.0692. The number of sulfonamides is 1. The van der Waals surface area contributed by atoms with Gasteiger partial charge in [0.1, 0.15) is 0 Å². The van der Waals surface area contributed by atoms with Crippen molar-refractivity contribution >= 4 is 16.0 Å². The fourth-order valence-electron chi connectivity index (χ4n) is 1.88. The van der Waals surface area contributed by atoms with Crippen LogP contribution in [-0.2, 0) is 19.6 Å². The second-order valence-electron chi connectivity index (χ2n) is 5.26. The predicted molar refractivity (Wildman–Crippen MR) is 81.6 cm³/mol. The average molecular weight is 313 g/mol. The van der Waals surface area contributed by atoms with Crippen molar-refractivity contribution in [1.29, 1.82) is 0 Å². The first-order valence-electron chi connectivity index (χ1n) is 7.04. The zero-order chi connectivity index (χ0) is 16.0. The monoisotopic (exact) mass is 313 g/mol. The maximum Gasteiger partial charge on any atom is 0.307 e. The number of carbonyl (C=O) groups is 1. The lowest BCUT2D eigenvalue weighted by molar-refractivity contribution is -0.143. The van der Waals surface area contributed by atoms with Gasteiger partial charge in [-0.15, -0.1) is 0 Å². The van der Waals surface area contributed by atoms with Crippen LogP contribution in [0.3, 0.4) is 0 Å². The van der Waals surface area contributed by atoms with E-state index < -0.39 is 22.0 Å². The molecule has 0 aliphatic heterocycles. The molecule has 1 N–H and O–H groups in total. The zero-order valence-corrected chi connectivity index (χ0v) is 13.7. The molecule has 0 aliphatic rings. The fraction of sp³-hybridized carbons (Fsp3) is 0.533. The van der Waals surface area contributed by atoms with Gasteiger partial charge in [0.25, 0.3) is 0 Å². The van der Waals surface area contributed by atoms with Crippen LogP contribution in [0.4, 0.5) is 0 Å². The van der Waals surface area contributed by atoms with Crippen molar-refractivity contribution in [3.8, 4) is 0 Å². The summed E-state index contributed by atoms with van der Waals surface area (Å²) in [5, 5.41) is 0. The van der Waals surface area contributed by atoms with Gasteiger partial charge >= 0.3 is 5.97 Å². The van der Waals surface area contributed by atoms with Gasteiger partial charge < -0.3 is 4.74 Å². The van der Waals surface area contributed by atoms with Gasteiger partial charge in [0, 0.05) is 6.04 Å². The first kappa shape index (κ1) is 17.7. The molecule has 0 saturated heterocycles. The highest BCUT2D eigenvalue weighted by molar-refractivity contribution is 7.89. The van der Waals surface area contributed by atoms with Gasteiger partial charge in [0.15, 0.2) is 0 Å². The third-order valence-electron chi connectivity index (χ3n) is 2.99. The lowest BCUT2D eigenvalue weighted by Gasteiger charge is -2.14. The van der Waals surface area contributed by atoms with E-state index >= 15 is 0 Å². The van der Waals surface area contributed by atoms with Crippen LogP contribution in [0.15, 0.2) is 29.2 Å². The van der Waals surface area contributed by atoms with E-state index in [1.807, 2.05) is 13.8 Å². The van der Waals surface area contributed by atoms with Crippen molar-refractivity contribution in [3.63, 3.8) is 0 Å². The highest BCUT2D eigenvalue weighted by Crippen LogP contribution is 2.17. The normalized spacial score (nSPS) is 13.2. The van der Waals surface area contributed by atoms with Crippen molar-refractivity contribution < 1.29 is 17.9 Å². The summed E-state index contributed by atoms with van der Waals surface area (Å²) in [7, 11) is -3.62. The number of esters is 1. The molecule has 0 aromatic heterocycles. The smallest absolute Gasteiger partial charge is 0.307 e. The number of rotatable bonds is 7. The molecule has 1 aromatic rings. The molecule has 0 aliphatic carbocycles. The van der Waals surface area contributed by atoms with Crippen LogP contribution in [0.2, 0.25) is 0 Å². The largest absolute Gasteiger partial charge is 0.466 e. The summed E-state index contributed by atoms with van der Waals surface area (Å²) in [4.78, 5) is 11.5. The standard InChI is InChI=1S/C15H23NO4S/c1-5-20-15(17)10-12(4)16-21(18,19)14-8-6-13(7-9-14)11(2)3/h6-9,11-12,16H,5,10H2,1-4H3. The third-order valence-corrected chi connectivity index (χ3v) is 4.60. The summed E-state index contributed by atoms with van der Waals surface area (Å²) in [6.45, 7) is 7.72. The molecule has 0 fully saturated rings. The molecule has 5 nitrogen and oxygen atoms in total. The summed E-state index contributed by atoms with van der Waals surface area (Å²) >= 11 is 0. The first-order valence-corrected chi connectivity index (χ1v) is 8.52. The van der Waals surface area contributed by atoms with E-state index in [0.717, 1.165) is 5.56 Å². The molecule has 0 amide bonds. The first-order chi connectivity index (χ1) is 9.76. The minimum atomic E-state index is -3.62. The van der Waals surface area contributed by atoms with Crippen LogP contribution in [0.1, 0.15) is 45.6 Å². The lowest BCUT2D eigenvalue weighted by atomic mass is 10.0. The fourth-order valence-corrected chi connectivity index (χ4v) is 3.12. The topological polar surface area (TPSA) is 72.5 Å². The Morgan fingerprint density at radius 2 is 1.76 bits per heavy atom. The van der Waals surface area contributed by atoms with E-state index in [1.165, 1.54) is 0 Å². The molecule has 1 aromatic carbocycles. The van der Waals surface area contributed by atoms with Crippen LogP contribution in [0, 0.1) is 0 Å². The van der Waals surface area contributed by atoms with Crippen molar-refractivity contribution in [2.45, 2.75) is 51.0 Å². The second-order valence-corrected chi connectivity index (χ2v) is 6.97. The van der Waals surface area contributed by atoms with Gasteiger partial charge in [-0.2, -0.15) is 0 Å². The molecule has 0 radical (unpaired) electrons. The predicted octanol–water partition coefficient (Wildman–Crippen LogP) is 2.43. The summed E-state index contributed by atoms with van der Waals surface area (Å²) in [5.41, 5.74) is 1.08. The molecule has 1 unspecified atom stereocenters. The second kappa shape index (κ2) is 7.56. The number of benzene rings is 1. The minimum Gasteiger partial charge on any atom is -0.466 e. The number of carbonyl (C=O) groups excluding carboxylic acids is 1. The van der Waals surface area contributed by atoms with E-state index in [0.29, 0.717) is 5.92 Å². The Bertz CT molecular complexity index is 564. The Morgan fingerprint density at radius 1 is 1.19 bits per heavy atom. The molecule has 0 heterocycles. The summed E-state index contributed by atoms with van der Waals surface area (Å²) in [6, 6.07) is 6.24. The Hall–Kier alpha value is -1.40. The van der Waals surface area contributed by atoms with E-state index in [9.17, 15) is 13.2 Å². The molecular weight excluding hydrogens is 290 g/mol. The van der Waals surface area contributed by atoms with Gasteiger partial charge in [-0.1, -0.05) is 26.0 Å². The van der Waals surface area contributed by atoms with Crippen molar-refractivity contribution in [3.05, 3.63) is 29.8 Å². The Morgan fingerprint density at radius 3 is 2.24 bits per heavy atom. The SMILES string of the molecule is CCOC(=O)CC(C)NS(=O)(=O)c1ccc(C(C)C)cc1. The van der Waals surface area contributed by atoms with Gasteiger partial charge in [0.05, 0.1) is 17.9 Å². The molecule has 0 saturated carbocycles. The molecule has 0 spiro atoms. The van der Waals surface area contributed by atoms with Crippen molar-refractivity contribution in [1.82, 2.24) is 4.72 Å². The van der Waals surface area contributed by atoms with Crippen LogP contribution < -0.4 is 4.72 Å². The van der Waals surface area contributed by atoms with Gasteiger partial charge in [-0.05, 0) is 37.5 Å². The summed E-state index contributed by atoms with van der Waals surface area (Å²) in [6.07, 6.45) is 0.0111. The average Bonchev–Trinajstić information content (AvgIpc) is 2.38.